The highest BCUT2D eigenvalue weighted by molar-refractivity contribution is 5.12. The van der Waals surface area contributed by atoms with Gasteiger partial charge in [-0.05, 0) is 6.92 Å². The predicted octanol–water partition coefficient (Wildman–Crippen LogP) is -0.877. The Bertz CT molecular complexity index is 187. The first-order valence-corrected chi connectivity index (χ1v) is 4.28. The van der Waals surface area contributed by atoms with E-state index in [0.29, 0.717) is 6.54 Å². The minimum atomic E-state index is -0.487. The Hall–Kier alpha value is -0.160. The number of aliphatic hydroxyl groups is 1. The van der Waals surface area contributed by atoms with Crippen LogP contribution in [0.25, 0.3) is 0 Å². The van der Waals surface area contributed by atoms with Gasteiger partial charge in [-0.1, -0.05) is 0 Å². The molecule has 12 heavy (non-hydrogen) atoms. The van der Waals surface area contributed by atoms with Crippen LogP contribution in [0.15, 0.2) is 0 Å². The molecular weight excluding hydrogens is 158 g/mol. The summed E-state index contributed by atoms with van der Waals surface area (Å²) in [6, 6.07) is 0.238. The number of rotatable bonds is 2. The molecule has 0 spiro atoms. The molecule has 2 aliphatic rings. The Morgan fingerprint density at radius 3 is 2.92 bits per heavy atom. The zero-order valence-electron chi connectivity index (χ0n) is 7.41. The summed E-state index contributed by atoms with van der Waals surface area (Å²) in [5, 5.41) is 12.5. The molecule has 4 atom stereocenters. The van der Waals surface area contributed by atoms with Crippen LogP contribution in [0.2, 0.25) is 0 Å². The van der Waals surface area contributed by atoms with Crippen molar-refractivity contribution in [2.75, 3.05) is 20.3 Å². The van der Waals surface area contributed by atoms with Crippen molar-refractivity contribution in [1.29, 1.82) is 0 Å². The number of hydrogen-bond acceptors (Lipinski definition) is 4. The maximum Gasteiger partial charge on any atom is 0.131 e. The molecule has 2 rings (SSSR count). The molecule has 0 aliphatic carbocycles. The molecule has 2 bridgehead atoms. The van der Waals surface area contributed by atoms with E-state index in [0.717, 1.165) is 0 Å². The molecular formula is C8H15NO3. The van der Waals surface area contributed by atoms with E-state index >= 15 is 0 Å². The number of ether oxygens (including phenoxy) is 2. The van der Waals surface area contributed by atoms with Crippen molar-refractivity contribution >= 4 is 0 Å². The van der Waals surface area contributed by atoms with E-state index in [1.807, 2.05) is 6.92 Å². The van der Waals surface area contributed by atoms with Crippen LogP contribution < -0.4 is 5.32 Å². The van der Waals surface area contributed by atoms with Gasteiger partial charge in [0.25, 0.3) is 0 Å². The third kappa shape index (κ3) is 0.864. The molecule has 0 aromatic rings. The fourth-order valence-electron chi connectivity index (χ4n) is 2.33. The fraction of sp³-hybridized carbons (Fsp3) is 1.00. The molecule has 0 radical (unpaired) electrons. The average Bonchev–Trinajstić information content (AvgIpc) is 2.56. The van der Waals surface area contributed by atoms with Crippen LogP contribution in [0.1, 0.15) is 6.92 Å². The van der Waals surface area contributed by atoms with E-state index in [1.165, 1.54) is 0 Å². The number of fused-ring (bicyclic) bond motifs is 2. The molecule has 4 heteroatoms. The molecule has 2 saturated heterocycles. The Morgan fingerprint density at radius 2 is 2.50 bits per heavy atom. The lowest BCUT2D eigenvalue weighted by molar-refractivity contribution is -0.111. The summed E-state index contributed by atoms with van der Waals surface area (Å²) in [5.74, 6) is 0. The largest absolute Gasteiger partial charge is 0.393 e. The summed E-state index contributed by atoms with van der Waals surface area (Å²) in [5.41, 5.74) is -0.487. The van der Waals surface area contributed by atoms with Gasteiger partial charge in [0.2, 0.25) is 0 Å². The van der Waals surface area contributed by atoms with Gasteiger partial charge < -0.3 is 19.9 Å². The molecule has 2 fully saturated rings. The molecule has 2 heterocycles. The first-order chi connectivity index (χ1) is 5.73. The summed E-state index contributed by atoms with van der Waals surface area (Å²) < 4.78 is 11.0. The molecule has 0 saturated carbocycles. The van der Waals surface area contributed by atoms with Gasteiger partial charge in [0.05, 0.1) is 18.8 Å². The van der Waals surface area contributed by atoms with Crippen LogP contribution in [-0.4, -0.2) is 49.2 Å². The van der Waals surface area contributed by atoms with Crippen molar-refractivity contribution in [3.05, 3.63) is 0 Å². The minimum Gasteiger partial charge on any atom is -0.393 e. The van der Waals surface area contributed by atoms with Gasteiger partial charge >= 0.3 is 0 Å². The van der Waals surface area contributed by atoms with Crippen LogP contribution >= 0.6 is 0 Å². The molecule has 0 amide bonds. The van der Waals surface area contributed by atoms with Crippen LogP contribution in [0.4, 0.5) is 0 Å². The third-order valence-electron chi connectivity index (χ3n) is 2.93. The normalized spacial score (nSPS) is 51.8. The highest BCUT2D eigenvalue weighted by Gasteiger charge is 2.58. The number of aliphatic hydroxyl groups excluding tert-OH is 1. The lowest BCUT2D eigenvalue weighted by Gasteiger charge is -2.28. The van der Waals surface area contributed by atoms with Gasteiger partial charge in [0, 0.05) is 13.7 Å². The average molecular weight is 173 g/mol. The number of morpholine rings is 1. The number of nitrogens with one attached hydrogen (secondary N) is 1. The lowest BCUT2D eigenvalue weighted by atomic mass is 10.00. The minimum absolute atomic E-state index is 0.00231. The Kier molecular flexibility index (Phi) is 1.88. The molecule has 1 unspecified atom stereocenters. The van der Waals surface area contributed by atoms with Gasteiger partial charge in [-0.15, -0.1) is 0 Å². The molecule has 2 aliphatic heterocycles. The molecule has 70 valence electrons. The number of hydrogen-bond donors (Lipinski definition) is 2. The zero-order chi connectivity index (χ0) is 8.77. The van der Waals surface area contributed by atoms with Gasteiger partial charge in [0.15, 0.2) is 0 Å². The van der Waals surface area contributed by atoms with Crippen molar-refractivity contribution in [3.8, 4) is 0 Å². The van der Waals surface area contributed by atoms with E-state index in [4.69, 9.17) is 9.47 Å². The van der Waals surface area contributed by atoms with Crippen LogP contribution in [0.5, 0.6) is 0 Å². The fourth-order valence-corrected chi connectivity index (χ4v) is 2.33. The van der Waals surface area contributed by atoms with Gasteiger partial charge in [-0.3, -0.25) is 0 Å². The van der Waals surface area contributed by atoms with Crippen molar-refractivity contribution in [2.24, 2.45) is 0 Å². The highest BCUT2D eigenvalue weighted by Crippen LogP contribution is 2.37. The summed E-state index contributed by atoms with van der Waals surface area (Å²) in [7, 11) is 1.66. The Balaban J connectivity index is 2.23. The van der Waals surface area contributed by atoms with E-state index in [-0.39, 0.29) is 24.9 Å². The van der Waals surface area contributed by atoms with Gasteiger partial charge in [0.1, 0.15) is 11.7 Å². The SMILES string of the molecule is COC1[C@@H]2NC[C@@]1(CO)O[C@H]2C. The topological polar surface area (TPSA) is 50.7 Å². The maximum absolute atomic E-state index is 9.22. The Labute approximate surface area is 71.9 Å². The van der Waals surface area contributed by atoms with Crippen molar-refractivity contribution in [1.82, 2.24) is 5.32 Å². The van der Waals surface area contributed by atoms with Gasteiger partial charge in [-0.25, -0.2) is 0 Å². The molecule has 4 nitrogen and oxygen atoms in total. The van der Waals surface area contributed by atoms with E-state index in [2.05, 4.69) is 5.32 Å². The first kappa shape index (κ1) is 8.44. The second kappa shape index (κ2) is 2.67. The number of methoxy groups -OCH3 is 1. The lowest BCUT2D eigenvalue weighted by Crippen LogP contribution is -2.47. The standard InChI is InChI=1S/C8H15NO3/c1-5-6-7(11-2)8(4-10,12-5)3-9-6/h5-7,9-10H,3-4H2,1-2H3/t5-,6+,7?,8-/m0/s1. The smallest absolute Gasteiger partial charge is 0.131 e. The third-order valence-corrected chi connectivity index (χ3v) is 2.93. The van der Waals surface area contributed by atoms with Crippen molar-refractivity contribution < 1.29 is 14.6 Å². The molecule has 0 aromatic heterocycles. The molecule has 0 aromatic carbocycles. The second-order valence-electron chi connectivity index (χ2n) is 3.61. The predicted molar refractivity (Wildman–Crippen MR) is 43.0 cm³/mol. The van der Waals surface area contributed by atoms with Crippen molar-refractivity contribution in [3.63, 3.8) is 0 Å². The molecule has 2 N–H and O–H groups in total. The van der Waals surface area contributed by atoms with Crippen LogP contribution in [-0.2, 0) is 9.47 Å². The highest BCUT2D eigenvalue weighted by atomic mass is 16.6. The quantitative estimate of drug-likeness (QED) is 0.569. The summed E-state index contributed by atoms with van der Waals surface area (Å²) in [6.07, 6.45) is 0.133. The maximum atomic E-state index is 9.22. The Morgan fingerprint density at radius 1 is 1.75 bits per heavy atom. The van der Waals surface area contributed by atoms with Gasteiger partial charge in [-0.2, -0.15) is 0 Å². The van der Waals surface area contributed by atoms with Crippen LogP contribution in [0, 0.1) is 0 Å². The van der Waals surface area contributed by atoms with Crippen molar-refractivity contribution in [2.45, 2.75) is 30.8 Å². The van der Waals surface area contributed by atoms with Crippen LogP contribution in [0.3, 0.4) is 0 Å². The summed E-state index contributed by atoms with van der Waals surface area (Å²) in [6.45, 7) is 2.72. The summed E-state index contributed by atoms with van der Waals surface area (Å²) >= 11 is 0. The summed E-state index contributed by atoms with van der Waals surface area (Å²) in [4.78, 5) is 0. The monoisotopic (exact) mass is 173 g/mol. The first-order valence-electron chi connectivity index (χ1n) is 4.28. The van der Waals surface area contributed by atoms with E-state index < -0.39 is 5.60 Å². The van der Waals surface area contributed by atoms with E-state index in [9.17, 15) is 5.11 Å². The zero-order valence-corrected chi connectivity index (χ0v) is 7.41. The second-order valence-corrected chi connectivity index (χ2v) is 3.61. The van der Waals surface area contributed by atoms with E-state index in [1.54, 1.807) is 7.11 Å².